The molecule has 0 aliphatic carbocycles. The van der Waals surface area contributed by atoms with E-state index in [9.17, 15) is 13.2 Å². The van der Waals surface area contributed by atoms with Gasteiger partial charge in [-0.3, -0.25) is 0 Å². The van der Waals surface area contributed by atoms with Crippen LogP contribution in [0.1, 0.15) is 11.1 Å². The fourth-order valence-corrected chi connectivity index (χ4v) is 1.41. The smallest absolute Gasteiger partial charge is 0.326 e. The zero-order chi connectivity index (χ0) is 10.1. The largest absolute Gasteiger partial charge is 0.418 e. The van der Waals surface area contributed by atoms with Crippen LogP contribution >= 0.6 is 22.6 Å². The van der Waals surface area contributed by atoms with Crippen LogP contribution in [0.15, 0.2) is 12.3 Å². The molecule has 0 atom stereocenters. The van der Waals surface area contributed by atoms with Crippen LogP contribution in [-0.4, -0.2) is 4.98 Å². The van der Waals surface area contributed by atoms with Crippen molar-refractivity contribution in [1.29, 1.82) is 0 Å². The van der Waals surface area contributed by atoms with E-state index in [1.54, 1.807) is 0 Å². The lowest BCUT2D eigenvalue weighted by molar-refractivity contribution is -0.138. The lowest BCUT2D eigenvalue weighted by atomic mass is 10.1. The van der Waals surface area contributed by atoms with Gasteiger partial charge in [0.05, 0.1) is 5.56 Å². The van der Waals surface area contributed by atoms with E-state index in [0.717, 1.165) is 6.20 Å². The number of pyridine rings is 1. The molecule has 1 rings (SSSR count). The van der Waals surface area contributed by atoms with Gasteiger partial charge in [0.15, 0.2) is 0 Å². The van der Waals surface area contributed by atoms with E-state index in [4.69, 9.17) is 5.73 Å². The quantitative estimate of drug-likeness (QED) is 0.638. The van der Waals surface area contributed by atoms with Crippen molar-refractivity contribution >= 4 is 22.6 Å². The predicted octanol–water partition coefficient (Wildman–Crippen LogP) is 2.16. The molecule has 0 aliphatic heterocycles. The average Bonchev–Trinajstić information content (AvgIpc) is 2.01. The molecule has 0 spiro atoms. The number of nitrogens with zero attached hydrogens (tertiary/aromatic N) is 1. The molecular weight excluding hydrogens is 296 g/mol. The summed E-state index contributed by atoms with van der Waals surface area (Å²) in [6, 6.07) is 1.34. The third kappa shape index (κ3) is 2.53. The second-order valence-electron chi connectivity index (χ2n) is 2.37. The van der Waals surface area contributed by atoms with Crippen LogP contribution < -0.4 is 5.73 Å². The summed E-state index contributed by atoms with van der Waals surface area (Å²) in [7, 11) is 0. The van der Waals surface area contributed by atoms with Gasteiger partial charge in [0.2, 0.25) is 0 Å². The van der Waals surface area contributed by atoms with Crippen molar-refractivity contribution in [3.05, 3.63) is 27.1 Å². The molecule has 13 heavy (non-hydrogen) atoms. The second kappa shape index (κ2) is 3.79. The van der Waals surface area contributed by atoms with E-state index >= 15 is 0 Å². The van der Waals surface area contributed by atoms with Crippen molar-refractivity contribution in [2.24, 2.45) is 5.73 Å². The monoisotopic (exact) mass is 302 g/mol. The van der Waals surface area contributed by atoms with E-state index in [1.165, 1.54) is 6.07 Å². The van der Waals surface area contributed by atoms with E-state index in [-0.39, 0.29) is 12.1 Å². The number of halogens is 4. The zero-order valence-corrected chi connectivity index (χ0v) is 8.56. The first-order valence-electron chi connectivity index (χ1n) is 3.37. The Balaban J connectivity index is 3.22. The molecule has 0 radical (unpaired) electrons. The fraction of sp³-hybridized carbons (Fsp3) is 0.286. The topological polar surface area (TPSA) is 38.9 Å². The summed E-state index contributed by atoms with van der Waals surface area (Å²) >= 11 is 1.84. The first-order valence-corrected chi connectivity index (χ1v) is 4.44. The highest BCUT2D eigenvalue weighted by molar-refractivity contribution is 14.1. The van der Waals surface area contributed by atoms with Gasteiger partial charge in [-0.2, -0.15) is 13.2 Å². The standard InChI is InChI=1S/C7H6F3IN2/c8-7(9,10)5-3-13-6(11)1-4(5)2-12/h1,3H,2,12H2. The van der Waals surface area contributed by atoms with Gasteiger partial charge in [-0.25, -0.2) is 4.98 Å². The van der Waals surface area contributed by atoms with Crippen LogP contribution in [0.3, 0.4) is 0 Å². The molecule has 1 aromatic heterocycles. The highest BCUT2D eigenvalue weighted by Crippen LogP contribution is 2.31. The minimum Gasteiger partial charge on any atom is -0.326 e. The highest BCUT2D eigenvalue weighted by Gasteiger charge is 2.33. The number of hydrogen-bond donors (Lipinski definition) is 1. The third-order valence-corrected chi connectivity index (χ3v) is 2.07. The molecule has 0 aliphatic rings. The van der Waals surface area contributed by atoms with E-state index in [1.807, 2.05) is 22.6 Å². The van der Waals surface area contributed by atoms with Crippen LogP contribution in [0.2, 0.25) is 0 Å². The van der Waals surface area contributed by atoms with Crippen molar-refractivity contribution in [1.82, 2.24) is 4.98 Å². The van der Waals surface area contributed by atoms with Gasteiger partial charge in [-0.1, -0.05) is 0 Å². The molecule has 0 saturated heterocycles. The van der Waals surface area contributed by atoms with Crippen LogP contribution in [-0.2, 0) is 12.7 Å². The Hall–Kier alpha value is -0.370. The van der Waals surface area contributed by atoms with Gasteiger partial charge in [0.1, 0.15) is 3.70 Å². The summed E-state index contributed by atoms with van der Waals surface area (Å²) in [4.78, 5) is 3.57. The summed E-state index contributed by atoms with van der Waals surface area (Å²) in [5.41, 5.74) is 4.51. The minimum absolute atomic E-state index is 0.0758. The molecule has 0 saturated carbocycles. The first kappa shape index (κ1) is 10.7. The lowest BCUT2D eigenvalue weighted by Gasteiger charge is -2.10. The first-order chi connectivity index (χ1) is 5.95. The summed E-state index contributed by atoms with van der Waals surface area (Å²) < 4.78 is 37.3. The Bertz CT molecular complexity index is 311. The van der Waals surface area contributed by atoms with Gasteiger partial charge in [0, 0.05) is 12.7 Å². The molecular formula is C7H6F3IN2. The molecule has 6 heteroatoms. The van der Waals surface area contributed by atoms with Crippen molar-refractivity contribution in [3.8, 4) is 0 Å². The van der Waals surface area contributed by atoms with Crippen LogP contribution in [0.5, 0.6) is 0 Å². The van der Waals surface area contributed by atoms with Gasteiger partial charge in [0.25, 0.3) is 0 Å². The predicted molar refractivity (Wildman–Crippen MR) is 49.8 cm³/mol. The molecule has 0 fully saturated rings. The lowest BCUT2D eigenvalue weighted by Crippen LogP contribution is -2.12. The average molecular weight is 302 g/mol. The van der Waals surface area contributed by atoms with Gasteiger partial charge < -0.3 is 5.73 Å². The summed E-state index contributed by atoms with van der Waals surface area (Å²) in [6.45, 7) is -0.132. The number of aromatic nitrogens is 1. The summed E-state index contributed by atoms with van der Waals surface area (Å²) in [5.74, 6) is 0. The van der Waals surface area contributed by atoms with Crippen LogP contribution in [0.25, 0.3) is 0 Å². The third-order valence-electron chi connectivity index (χ3n) is 1.48. The van der Waals surface area contributed by atoms with Crippen LogP contribution in [0.4, 0.5) is 13.2 Å². The number of rotatable bonds is 1. The highest BCUT2D eigenvalue weighted by atomic mass is 127. The second-order valence-corrected chi connectivity index (χ2v) is 3.47. The van der Waals surface area contributed by atoms with Crippen molar-refractivity contribution in [2.75, 3.05) is 0 Å². The molecule has 2 nitrogen and oxygen atoms in total. The SMILES string of the molecule is NCc1cc(I)ncc1C(F)(F)F. The van der Waals surface area contributed by atoms with Crippen molar-refractivity contribution in [3.63, 3.8) is 0 Å². The minimum atomic E-state index is -4.37. The van der Waals surface area contributed by atoms with Gasteiger partial charge >= 0.3 is 6.18 Å². The summed E-state index contributed by atoms with van der Waals surface area (Å²) in [6.07, 6.45) is -3.56. The Morgan fingerprint density at radius 1 is 1.46 bits per heavy atom. The molecule has 1 aromatic rings. The maximum atomic E-state index is 12.3. The number of hydrogen-bond acceptors (Lipinski definition) is 2. The molecule has 0 bridgehead atoms. The molecule has 72 valence electrons. The molecule has 0 unspecified atom stereocenters. The maximum Gasteiger partial charge on any atom is 0.418 e. The van der Waals surface area contributed by atoms with E-state index in [0.29, 0.717) is 3.70 Å². The maximum absolute atomic E-state index is 12.3. The molecule has 0 amide bonds. The summed E-state index contributed by atoms with van der Waals surface area (Å²) in [5, 5.41) is 0. The Labute approximate surface area is 86.5 Å². The normalized spacial score (nSPS) is 11.8. The Morgan fingerprint density at radius 3 is 2.54 bits per heavy atom. The Morgan fingerprint density at radius 2 is 2.08 bits per heavy atom. The van der Waals surface area contributed by atoms with Crippen molar-refractivity contribution in [2.45, 2.75) is 12.7 Å². The number of alkyl halides is 3. The van der Waals surface area contributed by atoms with Gasteiger partial charge in [-0.15, -0.1) is 0 Å². The van der Waals surface area contributed by atoms with Crippen molar-refractivity contribution < 1.29 is 13.2 Å². The molecule has 1 heterocycles. The molecule has 0 aromatic carbocycles. The molecule has 2 N–H and O–H groups in total. The van der Waals surface area contributed by atoms with E-state index < -0.39 is 11.7 Å². The van der Waals surface area contributed by atoms with Gasteiger partial charge in [-0.05, 0) is 34.2 Å². The zero-order valence-electron chi connectivity index (χ0n) is 6.40. The van der Waals surface area contributed by atoms with Crippen LogP contribution in [0, 0.1) is 3.70 Å². The number of nitrogens with two attached hydrogens (primary N) is 1. The van der Waals surface area contributed by atoms with E-state index in [2.05, 4.69) is 4.98 Å². The Kier molecular flexibility index (Phi) is 3.12. The fourth-order valence-electron chi connectivity index (χ4n) is 0.892.